The van der Waals surface area contributed by atoms with Gasteiger partial charge < -0.3 is 4.98 Å². The topological polar surface area (TPSA) is 79.7 Å². The van der Waals surface area contributed by atoms with E-state index in [-0.39, 0.29) is 17.4 Å². The number of benzene rings is 3. The zero-order valence-electron chi connectivity index (χ0n) is 22.6. The molecule has 200 valence electrons. The summed E-state index contributed by atoms with van der Waals surface area (Å²) in [4.78, 5) is 18.6. The minimum atomic E-state index is -0.277. The highest BCUT2D eigenvalue weighted by Gasteiger charge is 2.26. The van der Waals surface area contributed by atoms with Crippen molar-refractivity contribution >= 4 is 10.9 Å². The number of hydrogen-bond donors (Lipinski definition) is 1. The van der Waals surface area contributed by atoms with Gasteiger partial charge >= 0.3 is 0 Å². The van der Waals surface area contributed by atoms with E-state index in [1.54, 1.807) is 16.8 Å². The summed E-state index contributed by atoms with van der Waals surface area (Å²) in [5.41, 5.74) is 5.95. The summed E-state index contributed by atoms with van der Waals surface area (Å²) in [7, 11) is 0. The van der Waals surface area contributed by atoms with Crippen molar-refractivity contribution in [3.8, 4) is 0 Å². The number of hydrogen-bond acceptors (Lipinski definition) is 5. The van der Waals surface area contributed by atoms with Gasteiger partial charge in [-0.15, -0.1) is 5.10 Å². The third-order valence-electron chi connectivity index (χ3n) is 7.40. The van der Waals surface area contributed by atoms with E-state index in [1.165, 1.54) is 23.3 Å². The fourth-order valence-electron chi connectivity index (χ4n) is 5.19. The summed E-state index contributed by atoms with van der Waals surface area (Å²) in [6.45, 7) is 7.83. The molecule has 0 aliphatic heterocycles. The molecule has 0 amide bonds. The van der Waals surface area contributed by atoms with Crippen molar-refractivity contribution in [2.45, 2.75) is 52.7 Å². The normalized spacial score (nSPS) is 12.3. The second kappa shape index (κ2) is 11.7. The lowest BCUT2D eigenvalue weighted by Crippen LogP contribution is -2.34. The number of nitrogens with one attached hydrogen (secondary N) is 1. The van der Waals surface area contributed by atoms with Crippen LogP contribution in [0.4, 0.5) is 4.39 Å². The molecule has 1 unspecified atom stereocenters. The average Bonchev–Trinajstić information content (AvgIpc) is 3.38. The average molecular weight is 525 g/mol. The molecule has 2 aromatic heterocycles. The van der Waals surface area contributed by atoms with Crippen LogP contribution >= 0.6 is 0 Å². The SMILES string of the molecule is CCC(c1nnnn1Cc1ccc(F)cc1)N(CCc1ccccc1C)Cc1cc2cccc(C)c2[nH]c1=O. The molecule has 0 aliphatic carbocycles. The summed E-state index contributed by atoms with van der Waals surface area (Å²) in [5, 5.41) is 13.7. The molecular formula is C31H33FN6O. The van der Waals surface area contributed by atoms with Crippen LogP contribution in [0.5, 0.6) is 0 Å². The molecule has 2 heterocycles. The number of fused-ring (bicyclic) bond motifs is 1. The van der Waals surface area contributed by atoms with E-state index in [4.69, 9.17) is 0 Å². The lowest BCUT2D eigenvalue weighted by atomic mass is 10.0. The largest absolute Gasteiger partial charge is 0.321 e. The zero-order valence-corrected chi connectivity index (χ0v) is 22.6. The van der Waals surface area contributed by atoms with Crippen molar-refractivity contribution in [2.24, 2.45) is 0 Å². The molecule has 1 atom stereocenters. The Morgan fingerprint density at radius 2 is 1.74 bits per heavy atom. The van der Waals surface area contributed by atoms with E-state index in [0.717, 1.165) is 47.2 Å². The Balaban J connectivity index is 1.49. The Morgan fingerprint density at radius 1 is 0.974 bits per heavy atom. The number of tetrazole rings is 1. The Bertz CT molecular complexity index is 1620. The van der Waals surface area contributed by atoms with Gasteiger partial charge in [-0.25, -0.2) is 9.07 Å². The van der Waals surface area contributed by atoms with Crippen LogP contribution < -0.4 is 5.56 Å². The molecule has 0 spiro atoms. The van der Waals surface area contributed by atoms with Gasteiger partial charge in [0.25, 0.3) is 5.56 Å². The maximum Gasteiger partial charge on any atom is 0.252 e. The van der Waals surface area contributed by atoms with Crippen LogP contribution in [0.15, 0.2) is 77.6 Å². The van der Waals surface area contributed by atoms with Gasteiger partial charge in [-0.3, -0.25) is 9.69 Å². The first-order valence-electron chi connectivity index (χ1n) is 13.3. The smallest absolute Gasteiger partial charge is 0.252 e. The minimum Gasteiger partial charge on any atom is -0.321 e. The summed E-state index contributed by atoms with van der Waals surface area (Å²) in [5.74, 6) is 0.444. The van der Waals surface area contributed by atoms with E-state index in [0.29, 0.717) is 18.7 Å². The summed E-state index contributed by atoms with van der Waals surface area (Å²) in [6.07, 6.45) is 1.58. The Kier molecular flexibility index (Phi) is 7.93. The number of pyridine rings is 1. The van der Waals surface area contributed by atoms with Crippen molar-refractivity contribution in [1.29, 1.82) is 0 Å². The third-order valence-corrected chi connectivity index (χ3v) is 7.40. The monoisotopic (exact) mass is 524 g/mol. The maximum atomic E-state index is 13.5. The molecule has 8 heteroatoms. The third kappa shape index (κ3) is 5.96. The number of aromatic nitrogens is 5. The van der Waals surface area contributed by atoms with Crippen LogP contribution in [0.3, 0.4) is 0 Å². The first-order valence-corrected chi connectivity index (χ1v) is 13.3. The number of aromatic amines is 1. The van der Waals surface area contributed by atoms with E-state index in [2.05, 4.69) is 57.5 Å². The molecule has 5 rings (SSSR count). The van der Waals surface area contributed by atoms with Crippen LogP contribution in [-0.4, -0.2) is 36.6 Å². The number of nitrogens with zero attached hydrogens (tertiary/aromatic N) is 5. The number of rotatable bonds is 10. The summed E-state index contributed by atoms with van der Waals surface area (Å²) < 4.78 is 15.2. The van der Waals surface area contributed by atoms with Crippen LogP contribution in [0.1, 0.15) is 53.0 Å². The van der Waals surface area contributed by atoms with Crippen molar-refractivity contribution < 1.29 is 4.39 Å². The number of para-hydroxylation sites is 1. The molecule has 0 bridgehead atoms. The molecule has 5 aromatic rings. The van der Waals surface area contributed by atoms with Gasteiger partial charge in [0.05, 0.1) is 18.1 Å². The lowest BCUT2D eigenvalue weighted by molar-refractivity contribution is 0.172. The second-order valence-corrected chi connectivity index (χ2v) is 10.1. The molecular weight excluding hydrogens is 491 g/mol. The van der Waals surface area contributed by atoms with Gasteiger partial charge in [0.1, 0.15) is 5.82 Å². The molecule has 39 heavy (non-hydrogen) atoms. The van der Waals surface area contributed by atoms with Gasteiger partial charge in [0.2, 0.25) is 0 Å². The van der Waals surface area contributed by atoms with E-state index >= 15 is 0 Å². The van der Waals surface area contributed by atoms with Crippen LogP contribution in [0.2, 0.25) is 0 Å². The Labute approximate surface area is 227 Å². The van der Waals surface area contributed by atoms with Crippen molar-refractivity contribution in [1.82, 2.24) is 30.1 Å². The summed E-state index contributed by atoms with van der Waals surface area (Å²) >= 11 is 0. The lowest BCUT2D eigenvalue weighted by Gasteiger charge is -2.30. The first kappa shape index (κ1) is 26.4. The van der Waals surface area contributed by atoms with Crippen molar-refractivity contribution in [3.05, 3.63) is 123 Å². The number of aryl methyl sites for hydroxylation is 2. The van der Waals surface area contributed by atoms with Crippen LogP contribution in [0.25, 0.3) is 10.9 Å². The fourth-order valence-corrected chi connectivity index (χ4v) is 5.19. The van der Waals surface area contributed by atoms with E-state index < -0.39 is 0 Å². The number of H-pyrrole nitrogens is 1. The summed E-state index contributed by atoms with van der Waals surface area (Å²) in [6, 6.07) is 22.7. The molecule has 7 nitrogen and oxygen atoms in total. The second-order valence-electron chi connectivity index (χ2n) is 10.1. The van der Waals surface area contributed by atoms with Gasteiger partial charge in [0, 0.05) is 18.7 Å². The molecule has 0 saturated carbocycles. The first-order chi connectivity index (χ1) is 18.9. The van der Waals surface area contributed by atoms with E-state index in [1.807, 2.05) is 37.3 Å². The highest BCUT2D eigenvalue weighted by molar-refractivity contribution is 5.81. The Morgan fingerprint density at radius 3 is 2.51 bits per heavy atom. The highest BCUT2D eigenvalue weighted by Crippen LogP contribution is 2.26. The maximum absolute atomic E-state index is 13.5. The highest BCUT2D eigenvalue weighted by atomic mass is 19.1. The predicted octanol–water partition coefficient (Wildman–Crippen LogP) is 5.51. The van der Waals surface area contributed by atoms with Gasteiger partial charge in [-0.05, 0) is 83.0 Å². The molecule has 0 aliphatic rings. The quantitative estimate of drug-likeness (QED) is 0.260. The van der Waals surface area contributed by atoms with Gasteiger partial charge in [-0.1, -0.05) is 61.5 Å². The Hall–Kier alpha value is -4.17. The molecule has 1 N–H and O–H groups in total. The fraction of sp³-hybridized carbons (Fsp3) is 0.290. The van der Waals surface area contributed by atoms with Crippen molar-refractivity contribution in [2.75, 3.05) is 6.54 Å². The minimum absolute atomic E-state index is 0.0848. The molecule has 0 fully saturated rings. The van der Waals surface area contributed by atoms with Crippen molar-refractivity contribution in [3.63, 3.8) is 0 Å². The number of halogens is 1. The van der Waals surface area contributed by atoms with Crippen LogP contribution in [-0.2, 0) is 19.5 Å². The van der Waals surface area contributed by atoms with Gasteiger partial charge in [-0.2, -0.15) is 0 Å². The van der Waals surface area contributed by atoms with Crippen LogP contribution in [0, 0.1) is 19.7 Å². The standard InChI is InChI=1S/C31H33FN6O/c1-4-28(30-34-35-36-38(30)19-23-12-14-27(32)15-13-23)37(17-16-24-10-6-5-8-21(24)2)20-26-18-25-11-7-9-22(3)29(25)33-31(26)39/h5-15,18,28H,4,16-17,19-20H2,1-3H3,(H,33,39). The molecule has 0 radical (unpaired) electrons. The van der Waals surface area contributed by atoms with E-state index in [9.17, 15) is 9.18 Å². The predicted molar refractivity (Wildman–Crippen MR) is 151 cm³/mol. The van der Waals surface area contributed by atoms with Gasteiger partial charge in [0.15, 0.2) is 5.82 Å². The zero-order chi connectivity index (χ0) is 27.4. The molecule has 3 aromatic carbocycles. The molecule has 0 saturated heterocycles.